The van der Waals surface area contributed by atoms with E-state index < -0.39 is 0 Å². The van der Waals surface area contributed by atoms with Crippen molar-refractivity contribution in [3.8, 4) is 0 Å². The molecule has 1 saturated heterocycles. The summed E-state index contributed by atoms with van der Waals surface area (Å²) in [6.07, 6.45) is 4.85. The number of nitrogens with zero attached hydrogens (tertiary/aromatic N) is 1. The second-order valence-corrected chi connectivity index (χ2v) is 6.90. The van der Waals surface area contributed by atoms with Crippen LogP contribution in [-0.4, -0.2) is 30.8 Å². The molecule has 0 spiro atoms. The van der Waals surface area contributed by atoms with Crippen LogP contribution in [0.25, 0.3) is 0 Å². The van der Waals surface area contributed by atoms with E-state index in [1.807, 2.05) is 0 Å². The maximum atomic E-state index is 9.20. The number of piperidine rings is 1. The molecule has 4 heteroatoms. The van der Waals surface area contributed by atoms with Crippen molar-refractivity contribution in [2.24, 2.45) is 5.92 Å². The molecule has 1 aromatic rings. The maximum absolute atomic E-state index is 9.20. The zero-order valence-corrected chi connectivity index (χ0v) is 13.4. The zero-order valence-electron chi connectivity index (χ0n) is 11.8. The molecule has 110 valence electrons. The van der Waals surface area contributed by atoms with Crippen LogP contribution in [0.5, 0.6) is 0 Å². The summed E-state index contributed by atoms with van der Waals surface area (Å²) in [5.74, 6) is 0.497. The number of hydrogen-bond acceptors (Lipinski definition) is 3. The van der Waals surface area contributed by atoms with Crippen molar-refractivity contribution in [3.05, 3.63) is 28.2 Å². The van der Waals surface area contributed by atoms with Gasteiger partial charge in [-0.15, -0.1) is 0 Å². The minimum Gasteiger partial charge on any atom is -0.396 e. The van der Waals surface area contributed by atoms with E-state index >= 15 is 0 Å². The average Bonchev–Trinajstić information content (AvgIpc) is 3.30. The van der Waals surface area contributed by atoms with Crippen molar-refractivity contribution < 1.29 is 5.11 Å². The first-order valence-electron chi connectivity index (χ1n) is 7.64. The molecule has 2 N–H and O–H groups in total. The lowest BCUT2D eigenvalue weighted by molar-refractivity contribution is 0.203. The number of nitrogens with one attached hydrogen (secondary N) is 1. The topological polar surface area (TPSA) is 35.5 Å². The molecule has 1 aliphatic heterocycles. The van der Waals surface area contributed by atoms with E-state index in [2.05, 4.69) is 44.3 Å². The molecule has 1 saturated carbocycles. The summed E-state index contributed by atoms with van der Waals surface area (Å²) in [4.78, 5) is 2.43. The lowest BCUT2D eigenvalue weighted by atomic mass is 9.97. The Morgan fingerprint density at radius 2 is 1.95 bits per heavy atom. The third-order valence-corrected chi connectivity index (χ3v) is 5.17. The van der Waals surface area contributed by atoms with Crippen molar-refractivity contribution in [1.82, 2.24) is 5.32 Å². The van der Waals surface area contributed by atoms with Gasteiger partial charge in [0.2, 0.25) is 0 Å². The van der Waals surface area contributed by atoms with Gasteiger partial charge in [-0.3, -0.25) is 0 Å². The van der Waals surface area contributed by atoms with Crippen molar-refractivity contribution in [2.75, 3.05) is 24.6 Å². The van der Waals surface area contributed by atoms with Crippen LogP contribution in [0, 0.1) is 5.92 Å². The molecule has 3 rings (SSSR count). The van der Waals surface area contributed by atoms with Gasteiger partial charge in [0.15, 0.2) is 0 Å². The number of halogens is 1. The Balaban J connectivity index is 1.60. The van der Waals surface area contributed by atoms with Gasteiger partial charge >= 0.3 is 0 Å². The van der Waals surface area contributed by atoms with E-state index in [0.717, 1.165) is 38.5 Å². The van der Waals surface area contributed by atoms with Crippen LogP contribution in [0.1, 0.15) is 31.2 Å². The van der Waals surface area contributed by atoms with Gasteiger partial charge in [0.05, 0.1) is 0 Å². The first-order chi connectivity index (χ1) is 9.76. The SMILES string of the molecule is OCC1CCN(c2ccc(CNC3CC3)c(Br)c2)CC1. The highest BCUT2D eigenvalue weighted by Gasteiger charge is 2.21. The molecule has 1 aromatic carbocycles. The second-order valence-electron chi connectivity index (χ2n) is 6.04. The maximum Gasteiger partial charge on any atom is 0.0460 e. The summed E-state index contributed by atoms with van der Waals surface area (Å²) in [5.41, 5.74) is 2.63. The molecular weight excluding hydrogens is 316 g/mol. The molecule has 0 unspecified atom stereocenters. The number of aliphatic hydroxyl groups is 1. The molecule has 2 fully saturated rings. The van der Waals surface area contributed by atoms with Gasteiger partial charge in [-0.1, -0.05) is 22.0 Å². The van der Waals surface area contributed by atoms with Crippen LogP contribution in [0.2, 0.25) is 0 Å². The van der Waals surface area contributed by atoms with Gasteiger partial charge in [-0.2, -0.15) is 0 Å². The number of aliphatic hydroxyl groups excluding tert-OH is 1. The summed E-state index contributed by atoms with van der Waals surface area (Å²) >= 11 is 3.70. The van der Waals surface area contributed by atoms with Crippen molar-refractivity contribution >= 4 is 21.6 Å². The van der Waals surface area contributed by atoms with Crippen LogP contribution in [0.3, 0.4) is 0 Å². The highest BCUT2D eigenvalue weighted by Crippen LogP contribution is 2.28. The summed E-state index contributed by atoms with van der Waals surface area (Å²) in [6.45, 7) is 3.40. The van der Waals surface area contributed by atoms with Crippen molar-refractivity contribution in [3.63, 3.8) is 0 Å². The molecule has 3 nitrogen and oxygen atoms in total. The normalized spacial score (nSPS) is 20.4. The fraction of sp³-hybridized carbons (Fsp3) is 0.625. The third kappa shape index (κ3) is 3.54. The predicted molar refractivity (Wildman–Crippen MR) is 86.0 cm³/mol. The second kappa shape index (κ2) is 6.46. The Labute approximate surface area is 129 Å². The summed E-state index contributed by atoms with van der Waals surface area (Å²) in [6, 6.07) is 7.45. The van der Waals surface area contributed by atoms with Gasteiger partial charge in [0.1, 0.15) is 0 Å². The van der Waals surface area contributed by atoms with E-state index in [4.69, 9.17) is 0 Å². The van der Waals surface area contributed by atoms with Crippen LogP contribution in [0.15, 0.2) is 22.7 Å². The number of rotatable bonds is 5. The molecule has 20 heavy (non-hydrogen) atoms. The van der Waals surface area contributed by atoms with Gasteiger partial charge in [0, 0.05) is 42.4 Å². The van der Waals surface area contributed by atoms with E-state index in [1.165, 1.54) is 28.6 Å². The lowest BCUT2D eigenvalue weighted by Crippen LogP contribution is -2.34. The highest BCUT2D eigenvalue weighted by molar-refractivity contribution is 9.10. The molecule has 1 heterocycles. The summed E-state index contributed by atoms with van der Waals surface area (Å²) < 4.78 is 1.20. The number of anilines is 1. The van der Waals surface area contributed by atoms with Gasteiger partial charge in [-0.05, 0) is 49.3 Å². The van der Waals surface area contributed by atoms with Crippen molar-refractivity contribution in [2.45, 2.75) is 38.3 Å². The third-order valence-electron chi connectivity index (χ3n) is 4.43. The van der Waals surface area contributed by atoms with Crippen LogP contribution >= 0.6 is 15.9 Å². The Morgan fingerprint density at radius 3 is 2.55 bits per heavy atom. The highest BCUT2D eigenvalue weighted by atomic mass is 79.9. The number of benzene rings is 1. The minimum atomic E-state index is 0.337. The molecule has 0 aromatic heterocycles. The Hall–Kier alpha value is -0.580. The fourth-order valence-corrected chi connectivity index (χ4v) is 3.30. The molecule has 0 radical (unpaired) electrons. The first kappa shape index (κ1) is 14.4. The van der Waals surface area contributed by atoms with E-state index in [-0.39, 0.29) is 0 Å². The summed E-state index contributed by atoms with van der Waals surface area (Å²) in [7, 11) is 0. The molecule has 1 aliphatic carbocycles. The molecule has 0 atom stereocenters. The van der Waals surface area contributed by atoms with Crippen molar-refractivity contribution in [1.29, 1.82) is 0 Å². The molecule has 2 aliphatic rings. The van der Waals surface area contributed by atoms with E-state index in [1.54, 1.807) is 0 Å². The van der Waals surface area contributed by atoms with Gasteiger partial charge in [0.25, 0.3) is 0 Å². The minimum absolute atomic E-state index is 0.337. The lowest BCUT2D eigenvalue weighted by Gasteiger charge is -2.33. The average molecular weight is 339 g/mol. The van der Waals surface area contributed by atoms with E-state index in [0.29, 0.717) is 12.5 Å². The molecule has 0 amide bonds. The van der Waals surface area contributed by atoms with Crippen LogP contribution in [-0.2, 0) is 6.54 Å². The van der Waals surface area contributed by atoms with Gasteiger partial charge in [-0.25, -0.2) is 0 Å². The fourth-order valence-electron chi connectivity index (χ4n) is 2.79. The zero-order chi connectivity index (χ0) is 13.9. The predicted octanol–water partition coefficient (Wildman–Crippen LogP) is 2.91. The molecule has 0 bridgehead atoms. The Morgan fingerprint density at radius 1 is 1.20 bits per heavy atom. The Kier molecular flexibility index (Phi) is 4.64. The molecular formula is C16H23BrN2O. The Bertz CT molecular complexity index is 454. The van der Waals surface area contributed by atoms with E-state index in [9.17, 15) is 5.11 Å². The van der Waals surface area contributed by atoms with Gasteiger partial charge < -0.3 is 15.3 Å². The summed E-state index contributed by atoms with van der Waals surface area (Å²) in [5, 5.41) is 12.8. The van der Waals surface area contributed by atoms with Crippen LogP contribution < -0.4 is 10.2 Å². The largest absolute Gasteiger partial charge is 0.396 e. The van der Waals surface area contributed by atoms with Crippen LogP contribution in [0.4, 0.5) is 5.69 Å². The number of hydrogen-bond donors (Lipinski definition) is 2. The monoisotopic (exact) mass is 338 g/mol. The smallest absolute Gasteiger partial charge is 0.0460 e. The first-order valence-corrected chi connectivity index (χ1v) is 8.43. The quantitative estimate of drug-likeness (QED) is 0.866. The standard InChI is InChI=1S/C16H23BrN2O/c17-16-9-15(19-7-5-12(11-20)6-8-19)4-1-13(16)10-18-14-2-3-14/h1,4,9,12,14,18,20H,2-3,5-8,10-11H2.